The largest absolute Gasteiger partial charge is 0.490 e. The number of nitrogens with zero attached hydrogens (tertiary/aromatic N) is 4. The van der Waals surface area contributed by atoms with E-state index >= 15 is 0 Å². The molecule has 4 N–H and O–H groups in total. The zero-order chi connectivity index (χ0) is 22.2. The van der Waals surface area contributed by atoms with Gasteiger partial charge in [0.15, 0.2) is 5.65 Å². The van der Waals surface area contributed by atoms with E-state index in [2.05, 4.69) is 12.0 Å². The van der Waals surface area contributed by atoms with Gasteiger partial charge in [-0.3, -0.25) is 4.79 Å². The molecule has 9 heteroatoms. The third-order valence-corrected chi connectivity index (χ3v) is 6.18. The number of nitrogens with two attached hydrogens (primary N) is 2. The Morgan fingerprint density at radius 2 is 2.06 bits per heavy atom. The highest BCUT2D eigenvalue weighted by Gasteiger charge is 2.40. The fourth-order valence-electron chi connectivity index (χ4n) is 4.32. The highest BCUT2D eigenvalue weighted by atomic mass is 16.5. The monoisotopic (exact) mass is 436 g/mol. The minimum atomic E-state index is 0.0378. The van der Waals surface area contributed by atoms with Crippen LogP contribution in [0.1, 0.15) is 35.7 Å². The number of ether oxygens (including phenoxy) is 2. The summed E-state index contributed by atoms with van der Waals surface area (Å²) in [7, 11) is 0. The molecule has 1 atom stereocenters. The van der Waals surface area contributed by atoms with Crippen molar-refractivity contribution in [1.29, 1.82) is 0 Å². The summed E-state index contributed by atoms with van der Waals surface area (Å²) in [6.45, 7) is 4.42. The molecule has 1 aromatic carbocycles. The Balaban J connectivity index is 1.48. The van der Waals surface area contributed by atoms with Gasteiger partial charge >= 0.3 is 0 Å². The predicted octanol–water partition coefficient (Wildman–Crippen LogP) is 2.09. The number of carbonyl (C=O) groups excluding carboxylic acids is 1. The number of hydrogen-bond donors (Lipinski definition) is 2. The second-order valence-electron chi connectivity index (χ2n) is 8.45. The van der Waals surface area contributed by atoms with E-state index in [-0.39, 0.29) is 11.9 Å². The average molecular weight is 437 g/mol. The molecule has 9 nitrogen and oxygen atoms in total. The molecule has 2 aliphatic rings. The van der Waals surface area contributed by atoms with Crippen LogP contribution >= 0.6 is 0 Å². The number of nitrogen functional groups attached to an aromatic ring is 1. The minimum Gasteiger partial charge on any atom is -0.490 e. The number of carbonyl (C=O) groups is 1. The maximum absolute atomic E-state index is 13.3. The van der Waals surface area contributed by atoms with Gasteiger partial charge in [0.1, 0.15) is 18.2 Å². The molecule has 3 heterocycles. The third-order valence-electron chi connectivity index (χ3n) is 6.18. The van der Waals surface area contributed by atoms with Gasteiger partial charge in [-0.15, -0.1) is 5.10 Å². The summed E-state index contributed by atoms with van der Waals surface area (Å²) in [6, 6.07) is 7.78. The Morgan fingerprint density at radius 3 is 2.84 bits per heavy atom. The van der Waals surface area contributed by atoms with Crippen LogP contribution in [-0.2, 0) is 11.3 Å². The summed E-state index contributed by atoms with van der Waals surface area (Å²) >= 11 is 0. The van der Waals surface area contributed by atoms with E-state index in [0.29, 0.717) is 61.6 Å². The standard InChI is InChI=1S/C23H28N6O3/c1-14(15-2-3-15)28-13-17-10-16(18-4-6-29-21(26-18)12-20(25)27-29)11-19(22(17)23(28)30)32-9-8-31-7-5-24/h4,6,10-12,14-15H,2-3,5,7-9,13,24H2,1H3,(H2,25,27)/t14-/m0/s1. The third kappa shape index (κ3) is 3.89. The van der Waals surface area contributed by atoms with Crippen molar-refractivity contribution in [2.75, 3.05) is 32.1 Å². The van der Waals surface area contributed by atoms with E-state index in [1.54, 1.807) is 10.6 Å². The van der Waals surface area contributed by atoms with Crippen molar-refractivity contribution in [3.8, 4) is 17.0 Å². The first-order valence-corrected chi connectivity index (χ1v) is 11.1. The molecule has 1 aliphatic heterocycles. The smallest absolute Gasteiger partial charge is 0.258 e. The second-order valence-corrected chi connectivity index (χ2v) is 8.45. The van der Waals surface area contributed by atoms with Crippen LogP contribution in [0.15, 0.2) is 30.5 Å². The van der Waals surface area contributed by atoms with Gasteiger partial charge in [-0.05, 0) is 49.4 Å². The van der Waals surface area contributed by atoms with Crippen LogP contribution in [0.4, 0.5) is 5.82 Å². The van der Waals surface area contributed by atoms with Crippen molar-refractivity contribution in [2.24, 2.45) is 11.7 Å². The van der Waals surface area contributed by atoms with Gasteiger partial charge in [0.2, 0.25) is 0 Å². The lowest BCUT2D eigenvalue weighted by Crippen LogP contribution is -2.34. The highest BCUT2D eigenvalue weighted by Crippen LogP contribution is 2.41. The Hall–Kier alpha value is -3.17. The fourth-order valence-corrected chi connectivity index (χ4v) is 4.32. The molecular formula is C23H28N6O3. The van der Waals surface area contributed by atoms with Crippen molar-refractivity contribution >= 4 is 17.4 Å². The summed E-state index contributed by atoms with van der Waals surface area (Å²) in [4.78, 5) is 20.0. The van der Waals surface area contributed by atoms with Gasteiger partial charge in [0.25, 0.3) is 5.91 Å². The van der Waals surface area contributed by atoms with Gasteiger partial charge in [-0.1, -0.05) is 0 Å². The van der Waals surface area contributed by atoms with Crippen LogP contribution in [0, 0.1) is 5.92 Å². The lowest BCUT2D eigenvalue weighted by molar-refractivity contribution is 0.0690. The fraction of sp³-hybridized carbons (Fsp3) is 0.435. The van der Waals surface area contributed by atoms with Crippen LogP contribution in [0.25, 0.3) is 16.9 Å². The Kier molecular flexibility index (Phi) is 5.44. The number of amides is 1. The maximum atomic E-state index is 13.3. The maximum Gasteiger partial charge on any atom is 0.258 e. The Labute approximate surface area is 186 Å². The van der Waals surface area contributed by atoms with Crippen LogP contribution < -0.4 is 16.2 Å². The zero-order valence-corrected chi connectivity index (χ0v) is 18.2. The zero-order valence-electron chi connectivity index (χ0n) is 18.2. The molecule has 168 valence electrons. The number of benzene rings is 1. The molecule has 1 aliphatic carbocycles. The van der Waals surface area contributed by atoms with E-state index in [4.69, 9.17) is 25.9 Å². The van der Waals surface area contributed by atoms with Gasteiger partial charge in [0, 0.05) is 37.0 Å². The topological polar surface area (TPSA) is 121 Å². The first-order chi connectivity index (χ1) is 15.5. The van der Waals surface area contributed by atoms with Gasteiger partial charge in [-0.25, -0.2) is 9.50 Å². The molecule has 0 radical (unpaired) electrons. The van der Waals surface area contributed by atoms with Crippen LogP contribution in [0.2, 0.25) is 0 Å². The minimum absolute atomic E-state index is 0.0378. The number of hydrogen-bond acceptors (Lipinski definition) is 7. The summed E-state index contributed by atoms with van der Waals surface area (Å²) in [5, 5.41) is 4.18. The van der Waals surface area contributed by atoms with E-state index in [1.165, 1.54) is 12.8 Å². The molecule has 1 amide bonds. The Morgan fingerprint density at radius 1 is 1.22 bits per heavy atom. The number of anilines is 1. The van der Waals surface area contributed by atoms with Crippen molar-refractivity contribution < 1.29 is 14.3 Å². The SMILES string of the molecule is C[C@@H](C1CC1)N1Cc2cc(-c3ccn4nc(N)cc4n3)cc(OCCOCCN)c2C1=O. The number of rotatable bonds is 9. The van der Waals surface area contributed by atoms with Crippen LogP contribution in [-0.4, -0.2) is 57.8 Å². The molecule has 3 aromatic rings. The molecule has 0 bridgehead atoms. The summed E-state index contributed by atoms with van der Waals surface area (Å²) in [5.41, 5.74) is 15.2. The molecule has 0 saturated heterocycles. The van der Waals surface area contributed by atoms with Crippen LogP contribution in [0.3, 0.4) is 0 Å². The summed E-state index contributed by atoms with van der Waals surface area (Å²) in [6.07, 6.45) is 4.20. The molecule has 5 rings (SSSR count). The van der Waals surface area contributed by atoms with Crippen molar-refractivity contribution in [1.82, 2.24) is 19.5 Å². The van der Waals surface area contributed by atoms with Gasteiger partial charge in [0.05, 0.1) is 24.5 Å². The number of fused-ring (bicyclic) bond motifs is 2. The molecule has 0 spiro atoms. The number of aromatic nitrogens is 3. The van der Waals surface area contributed by atoms with E-state index in [9.17, 15) is 4.79 Å². The van der Waals surface area contributed by atoms with Crippen molar-refractivity contribution in [3.05, 3.63) is 41.6 Å². The summed E-state index contributed by atoms with van der Waals surface area (Å²) in [5.74, 6) is 1.62. The van der Waals surface area contributed by atoms with E-state index in [1.807, 2.05) is 29.3 Å². The molecular weight excluding hydrogens is 408 g/mol. The van der Waals surface area contributed by atoms with Crippen molar-refractivity contribution in [2.45, 2.75) is 32.4 Å². The first kappa shape index (κ1) is 20.7. The van der Waals surface area contributed by atoms with Crippen molar-refractivity contribution in [3.63, 3.8) is 0 Å². The van der Waals surface area contributed by atoms with Gasteiger partial charge in [-0.2, -0.15) is 0 Å². The summed E-state index contributed by atoms with van der Waals surface area (Å²) < 4.78 is 13.1. The normalized spacial score (nSPS) is 16.6. The molecule has 1 saturated carbocycles. The lowest BCUT2D eigenvalue weighted by atomic mass is 10.0. The highest BCUT2D eigenvalue weighted by molar-refractivity contribution is 6.02. The van der Waals surface area contributed by atoms with E-state index in [0.717, 1.165) is 16.8 Å². The molecule has 32 heavy (non-hydrogen) atoms. The lowest BCUT2D eigenvalue weighted by Gasteiger charge is -2.24. The quantitative estimate of drug-likeness (QED) is 0.493. The Bertz CT molecular complexity index is 1160. The van der Waals surface area contributed by atoms with Crippen LogP contribution in [0.5, 0.6) is 5.75 Å². The molecule has 0 unspecified atom stereocenters. The second kappa shape index (κ2) is 8.40. The molecule has 1 fully saturated rings. The molecule has 2 aromatic heterocycles. The predicted molar refractivity (Wildman–Crippen MR) is 120 cm³/mol. The first-order valence-electron chi connectivity index (χ1n) is 11.1. The van der Waals surface area contributed by atoms with E-state index < -0.39 is 0 Å². The van der Waals surface area contributed by atoms with Gasteiger partial charge < -0.3 is 25.8 Å². The average Bonchev–Trinajstić information content (AvgIpc) is 3.48.